The third-order valence-corrected chi connectivity index (χ3v) is 4.56. The molecule has 5 nitrogen and oxygen atoms in total. The highest BCUT2D eigenvalue weighted by atomic mass is 35.5. The normalized spacial score (nSPS) is 11.6. The number of rotatable bonds is 5. The first-order chi connectivity index (χ1) is 9.88. The van der Waals surface area contributed by atoms with E-state index >= 15 is 0 Å². The molecule has 112 valence electrons. The van der Waals surface area contributed by atoms with E-state index in [4.69, 9.17) is 11.6 Å². The highest BCUT2D eigenvalue weighted by Crippen LogP contribution is 2.32. The Balaban J connectivity index is 2.30. The molecule has 2 rings (SSSR count). The van der Waals surface area contributed by atoms with Crippen LogP contribution in [0.25, 0.3) is 0 Å². The van der Waals surface area contributed by atoms with Crippen molar-refractivity contribution in [3.05, 3.63) is 41.9 Å². The van der Waals surface area contributed by atoms with Crippen LogP contribution >= 0.6 is 23.4 Å². The van der Waals surface area contributed by atoms with Gasteiger partial charge in [-0.3, -0.25) is 4.72 Å². The average molecular weight is 352 g/mol. The lowest BCUT2D eigenvalue weighted by Gasteiger charge is -2.11. The number of nitrogens with zero attached hydrogens (tertiary/aromatic N) is 2. The molecule has 2 aromatic rings. The van der Waals surface area contributed by atoms with Crippen molar-refractivity contribution in [3.8, 4) is 0 Å². The van der Waals surface area contributed by atoms with Crippen molar-refractivity contribution in [2.75, 3.05) is 4.72 Å². The van der Waals surface area contributed by atoms with Gasteiger partial charge in [0.15, 0.2) is 0 Å². The van der Waals surface area contributed by atoms with Crippen LogP contribution in [0.5, 0.6) is 0 Å². The quantitative estimate of drug-likeness (QED) is 0.661. The number of sulfonamides is 1. The van der Waals surface area contributed by atoms with Crippen LogP contribution in [-0.4, -0.2) is 24.1 Å². The average Bonchev–Trinajstić information content (AvgIpc) is 2.40. The molecule has 0 aliphatic rings. The maximum Gasteiger partial charge on any atom is 0.288 e. The molecule has 10 heteroatoms. The molecule has 0 saturated carbocycles. The molecule has 0 atom stereocenters. The Bertz CT molecular complexity index is 727. The molecule has 0 radical (unpaired) electrons. The molecule has 0 fully saturated rings. The summed E-state index contributed by atoms with van der Waals surface area (Å²) >= 11 is 5.73. The third-order valence-electron chi connectivity index (χ3n) is 2.25. The van der Waals surface area contributed by atoms with Crippen LogP contribution in [0.4, 0.5) is 14.5 Å². The Hall–Kier alpha value is -1.45. The van der Waals surface area contributed by atoms with Gasteiger partial charge >= 0.3 is 0 Å². The molecular weight excluding hydrogens is 344 g/mol. The first kappa shape index (κ1) is 15.9. The zero-order valence-corrected chi connectivity index (χ0v) is 12.6. The van der Waals surface area contributed by atoms with Crippen molar-refractivity contribution in [1.82, 2.24) is 9.97 Å². The molecule has 0 saturated heterocycles. The van der Waals surface area contributed by atoms with Gasteiger partial charge in [0.1, 0.15) is 4.90 Å². The number of hydrogen-bond donors (Lipinski definition) is 1. The van der Waals surface area contributed by atoms with Gasteiger partial charge in [-0.1, -0.05) is 23.9 Å². The minimum absolute atomic E-state index is 0.0535. The van der Waals surface area contributed by atoms with Crippen LogP contribution < -0.4 is 4.72 Å². The van der Waals surface area contributed by atoms with Crippen molar-refractivity contribution < 1.29 is 17.2 Å². The maximum absolute atomic E-state index is 12.5. The Morgan fingerprint density at radius 1 is 1.19 bits per heavy atom. The summed E-state index contributed by atoms with van der Waals surface area (Å²) in [5.41, 5.74) is 0.0535. The highest BCUT2D eigenvalue weighted by Gasteiger charge is 2.18. The predicted molar refractivity (Wildman–Crippen MR) is 76.2 cm³/mol. The van der Waals surface area contributed by atoms with E-state index in [1.54, 1.807) is 0 Å². The van der Waals surface area contributed by atoms with Gasteiger partial charge in [0.25, 0.3) is 15.8 Å². The van der Waals surface area contributed by atoms with E-state index in [9.17, 15) is 17.2 Å². The second kappa shape index (κ2) is 6.54. The van der Waals surface area contributed by atoms with Crippen molar-refractivity contribution in [3.63, 3.8) is 0 Å². The van der Waals surface area contributed by atoms with Crippen LogP contribution in [0, 0.1) is 0 Å². The number of alkyl halides is 2. The largest absolute Gasteiger partial charge is 0.288 e. The van der Waals surface area contributed by atoms with Gasteiger partial charge in [0.2, 0.25) is 5.28 Å². The molecule has 1 aromatic heterocycles. The summed E-state index contributed by atoms with van der Waals surface area (Å²) < 4.78 is 51.4. The number of benzene rings is 1. The monoisotopic (exact) mass is 351 g/mol. The SMILES string of the molecule is O=S(=O)(Nc1ccccc1SC(F)F)c1cnc(Cl)nc1. The number of nitrogens with one attached hydrogen (secondary N) is 1. The molecule has 0 aliphatic carbocycles. The van der Waals surface area contributed by atoms with E-state index in [1.807, 2.05) is 0 Å². The van der Waals surface area contributed by atoms with Gasteiger partial charge in [0, 0.05) is 4.90 Å². The number of halogens is 3. The molecule has 0 amide bonds. The Morgan fingerprint density at radius 2 is 1.81 bits per heavy atom. The topological polar surface area (TPSA) is 72.0 Å². The van der Waals surface area contributed by atoms with Gasteiger partial charge in [-0.15, -0.1) is 0 Å². The minimum Gasteiger partial charge on any atom is -0.278 e. The predicted octanol–water partition coefficient (Wildman–Crippen LogP) is 3.25. The standard InChI is InChI=1S/C11H8ClF2N3O2S2/c12-10-15-5-7(6-16-10)21(18,19)17-8-3-1-2-4-9(8)20-11(13)14/h1-6,11,17H. The van der Waals surface area contributed by atoms with Gasteiger partial charge in [-0.25, -0.2) is 18.4 Å². The van der Waals surface area contributed by atoms with E-state index in [-0.39, 0.29) is 32.5 Å². The van der Waals surface area contributed by atoms with Crippen molar-refractivity contribution in [1.29, 1.82) is 0 Å². The lowest BCUT2D eigenvalue weighted by atomic mass is 10.3. The maximum atomic E-state index is 12.5. The van der Waals surface area contributed by atoms with Crippen LogP contribution in [0.1, 0.15) is 0 Å². The molecule has 0 spiro atoms. The fourth-order valence-corrected chi connectivity index (χ4v) is 3.12. The van der Waals surface area contributed by atoms with E-state index in [1.165, 1.54) is 24.3 Å². The first-order valence-corrected chi connectivity index (χ1v) is 8.17. The summed E-state index contributed by atoms with van der Waals surface area (Å²) in [4.78, 5) is 7.03. The fraction of sp³-hybridized carbons (Fsp3) is 0.0909. The number of aromatic nitrogens is 2. The summed E-state index contributed by atoms with van der Waals surface area (Å²) in [6, 6.07) is 5.85. The summed E-state index contributed by atoms with van der Waals surface area (Å²) in [5.74, 6) is -2.66. The Kier molecular flexibility index (Phi) is 4.96. The number of para-hydroxylation sites is 1. The van der Waals surface area contributed by atoms with Gasteiger partial charge in [-0.05, 0) is 23.7 Å². The van der Waals surface area contributed by atoms with E-state index in [0.717, 1.165) is 12.4 Å². The lowest BCUT2D eigenvalue weighted by Crippen LogP contribution is -2.14. The lowest BCUT2D eigenvalue weighted by molar-refractivity contribution is 0.252. The van der Waals surface area contributed by atoms with Crippen LogP contribution in [0.3, 0.4) is 0 Å². The second-order valence-electron chi connectivity index (χ2n) is 3.67. The number of anilines is 1. The molecule has 1 heterocycles. The number of thioether (sulfide) groups is 1. The van der Waals surface area contributed by atoms with Gasteiger partial charge in [0.05, 0.1) is 18.1 Å². The van der Waals surface area contributed by atoms with E-state index in [2.05, 4.69) is 14.7 Å². The summed E-state index contributed by atoms with van der Waals surface area (Å²) in [6.07, 6.45) is 2.06. The van der Waals surface area contributed by atoms with Crippen LogP contribution in [-0.2, 0) is 10.0 Å². The fourth-order valence-electron chi connectivity index (χ4n) is 1.39. The third kappa shape index (κ3) is 4.26. The zero-order chi connectivity index (χ0) is 15.5. The van der Waals surface area contributed by atoms with Gasteiger partial charge in [-0.2, -0.15) is 8.78 Å². The first-order valence-electron chi connectivity index (χ1n) is 5.43. The van der Waals surface area contributed by atoms with Gasteiger partial charge < -0.3 is 0 Å². The Morgan fingerprint density at radius 3 is 2.43 bits per heavy atom. The van der Waals surface area contributed by atoms with Crippen molar-refractivity contribution >= 4 is 39.1 Å². The van der Waals surface area contributed by atoms with Crippen molar-refractivity contribution in [2.45, 2.75) is 15.5 Å². The molecular formula is C11H8ClF2N3O2S2. The summed E-state index contributed by atoms with van der Waals surface area (Å²) in [5, 5.41) is -0.0948. The molecule has 0 bridgehead atoms. The van der Waals surface area contributed by atoms with Crippen molar-refractivity contribution in [2.24, 2.45) is 0 Å². The highest BCUT2D eigenvalue weighted by molar-refractivity contribution is 7.99. The molecule has 21 heavy (non-hydrogen) atoms. The minimum atomic E-state index is -3.98. The van der Waals surface area contributed by atoms with Crippen LogP contribution in [0.15, 0.2) is 46.5 Å². The van der Waals surface area contributed by atoms with E-state index in [0.29, 0.717) is 0 Å². The number of hydrogen-bond acceptors (Lipinski definition) is 5. The van der Waals surface area contributed by atoms with E-state index < -0.39 is 15.8 Å². The molecule has 1 aromatic carbocycles. The smallest absolute Gasteiger partial charge is 0.278 e. The van der Waals surface area contributed by atoms with Crippen LogP contribution in [0.2, 0.25) is 5.28 Å². The summed E-state index contributed by atoms with van der Waals surface area (Å²) in [6.45, 7) is 0. The molecule has 0 unspecified atom stereocenters. The zero-order valence-electron chi connectivity index (χ0n) is 10.2. The summed E-state index contributed by atoms with van der Waals surface area (Å²) in [7, 11) is -3.98. The molecule has 1 N–H and O–H groups in total. The second-order valence-corrected chi connectivity index (χ2v) is 6.72. The molecule has 0 aliphatic heterocycles. The Labute approximate surface area is 128 Å².